The second-order valence-electron chi connectivity index (χ2n) is 3.34. The van der Waals surface area contributed by atoms with E-state index >= 15 is 0 Å². The Morgan fingerprint density at radius 2 is 2.00 bits per heavy atom. The fourth-order valence-corrected chi connectivity index (χ4v) is 1.90. The first-order valence-corrected chi connectivity index (χ1v) is 5.80. The molecular weight excluding hydrogens is 228 g/mol. The molecule has 2 unspecified atom stereocenters. The molecule has 0 amide bonds. The van der Waals surface area contributed by atoms with E-state index in [0.29, 0.717) is 12.2 Å². The molecule has 2 rings (SSSR count). The summed E-state index contributed by atoms with van der Waals surface area (Å²) < 4.78 is 5.58. The van der Waals surface area contributed by atoms with Gasteiger partial charge >= 0.3 is 0 Å². The summed E-state index contributed by atoms with van der Waals surface area (Å²) >= 11 is 3.43. The second-order valence-corrected chi connectivity index (χ2v) is 4.13. The van der Waals surface area contributed by atoms with Crippen molar-refractivity contribution in [3.05, 3.63) is 35.9 Å². The average molecular weight is 241 g/mol. The van der Waals surface area contributed by atoms with Gasteiger partial charge in [0.05, 0.1) is 6.10 Å². The van der Waals surface area contributed by atoms with Gasteiger partial charge in [0.15, 0.2) is 0 Å². The summed E-state index contributed by atoms with van der Waals surface area (Å²) in [6.45, 7) is 0. The molecule has 13 heavy (non-hydrogen) atoms. The number of ether oxygens (including phenoxy) is 1. The molecule has 0 N–H and O–H groups in total. The van der Waals surface area contributed by atoms with E-state index in [-0.39, 0.29) is 0 Å². The van der Waals surface area contributed by atoms with Crippen molar-refractivity contribution in [1.82, 2.24) is 0 Å². The maximum absolute atomic E-state index is 5.58. The molecule has 1 heterocycles. The highest BCUT2D eigenvalue weighted by Gasteiger charge is 2.38. The van der Waals surface area contributed by atoms with Crippen LogP contribution in [0, 0.1) is 0 Å². The first-order valence-electron chi connectivity index (χ1n) is 4.68. The molecule has 2 heteroatoms. The normalized spacial score (nSPS) is 25.9. The number of epoxide rings is 1. The van der Waals surface area contributed by atoms with E-state index in [2.05, 4.69) is 40.2 Å². The third-order valence-electron chi connectivity index (χ3n) is 2.33. The van der Waals surface area contributed by atoms with Crippen molar-refractivity contribution in [2.24, 2.45) is 0 Å². The summed E-state index contributed by atoms with van der Waals surface area (Å²) in [7, 11) is 0. The fourth-order valence-electron chi connectivity index (χ4n) is 1.58. The van der Waals surface area contributed by atoms with Gasteiger partial charge < -0.3 is 4.74 Å². The SMILES string of the molecule is BrCCCC1OC1c1ccccc1. The maximum Gasteiger partial charge on any atom is 0.109 e. The number of benzene rings is 1. The monoisotopic (exact) mass is 240 g/mol. The minimum atomic E-state index is 0.375. The Morgan fingerprint density at radius 3 is 2.69 bits per heavy atom. The molecule has 1 aromatic rings. The average Bonchev–Trinajstić information content (AvgIpc) is 2.95. The van der Waals surface area contributed by atoms with Crippen molar-refractivity contribution in [2.45, 2.75) is 25.0 Å². The molecule has 0 aliphatic carbocycles. The Hall–Kier alpha value is -0.340. The third kappa shape index (κ3) is 2.32. The number of alkyl halides is 1. The summed E-state index contributed by atoms with van der Waals surface area (Å²) in [4.78, 5) is 0. The summed E-state index contributed by atoms with van der Waals surface area (Å²) in [6, 6.07) is 10.5. The Morgan fingerprint density at radius 1 is 1.23 bits per heavy atom. The Labute approximate surface area is 87.2 Å². The summed E-state index contributed by atoms with van der Waals surface area (Å²) in [5.41, 5.74) is 1.32. The van der Waals surface area contributed by atoms with E-state index in [1.165, 1.54) is 18.4 Å². The van der Waals surface area contributed by atoms with Gasteiger partial charge in [0, 0.05) is 5.33 Å². The molecule has 1 aliphatic heterocycles. The van der Waals surface area contributed by atoms with E-state index in [4.69, 9.17) is 4.74 Å². The molecule has 1 nitrogen and oxygen atoms in total. The lowest BCUT2D eigenvalue weighted by molar-refractivity contribution is 0.365. The number of halogens is 1. The van der Waals surface area contributed by atoms with Crippen LogP contribution in [0.15, 0.2) is 30.3 Å². The van der Waals surface area contributed by atoms with Crippen LogP contribution in [0.1, 0.15) is 24.5 Å². The predicted molar refractivity (Wildman–Crippen MR) is 57.1 cm³/mol. The zero-order valence-corrected chi connectivity index (χ0v) is 9.03. The van der Waals surface area contributed by atoms with Gasteiger partial charge in [-0.25, -0.2) is 0 Å². The molecule has 2 atom stereocenters. The van der Waals surface area contributed by atoms with Crippen molar-refractivity contribution in [3.63, 3.8) is 0 Å². The molecule has 1 aromatic carbocycles. The van der Waals surface area contributed by atoms with Gasteiger partial charge in [-0.2, -0.15) is 0 Å². The summed E-state index contributed by atoms with van der Waals surface area (Å²) in [6.07, 6.45) is 3.22. The van der Waals surface area contributed by atoms with Crippen LogP contribution in [-0.2, 0) is 4.74 Å². The second kappa shape index (κ2) is 4.25. The highest BCUT2D eigenvalue weighted by molar-refractivity contribution is 9.09. The van der Waals surface area contributed by atoms with E-state index in [1.54, 1.807) is 0 Å². The van der Waals surface area contributed by atoms with Gasteiger partial charge in [-0.05, 0) is 18.4 Å². The van der Waals surface area contributed by atoms with Gasteiger partial charge in [0.25, 0.3) is 0 Å². The first kappa shape index (κ1) is 9.22. The highest BCUT2D eigenvalue weighted by Crippen LogP contribution is 2.41. The van der Waals surface area contributed by atoms with Gasteiger partial charge in [0.1, 0.15) is 6.10 Å². The molecule has 0 spiro atoms. The van der Waals surface area contributed by atoms with Crippen LogP contribution in [-0.4, -0.2) is 11.4 Å². The van der Waals surface area contributed by atoms with E-state index < -0.39 is 0 Å². The molecule has 0 radical (unpaired) electrons. The van der Waals surface area contributed by atoms with Crippen LogP contribution in [0.25, 0.3) is 0 Å². The summed E-state index contributed by atoms with van der Waals surface area (Å²) in [5, 5.41) is 1.08. The molecule has 0 bridgehead atoms. The molecule has 0 saturated carbocycles. The number of hydrogen-bond acceptors (Lipinski definition) is 1. The fraction of sp³-hybridized carbons (Fsp3) is 0.455. The van der Waals surface area contributed by atoms with Gasteiger partial charge in [0.2, 0.25) is 0 Å². The van der Waals surface area contributed by atoms with Crippen molar-refractivity contribution >= 4 is 15.9 Å². The van der Waals surface area contributed by atoms with Crippen molar-refractivity contribution in [1.29, 1.82) is 0 Å². The predicted octanol–water partition coefficient (Wildman–Crippen LogP) is 3.30. The van der Waals surface area contributed by atoms with Crippen molar-refractivity contribution in [2.75, 3.05) is 5.33 Å². The Balaban J connectivity index is 1.86. The maximum atomic E-state index is 5.58. The highest BCUT2D eigenvalue weighted by atomic mass is 79.9. The van der Waals surface area contributed by atoms with Crippen LogP contribution >= 0.6 is 15.9 Å². The lowest BCUT2D eigenvalue weighted by Gasteiger charge is -1.93. The van der Waals surface area contributed by atoms with Crippen molar-refractivity contribution in [3.8, 4) is 0 Å². The van der Waals surface area contributed by atoms with Gasteiger partial charge in [-0.1, -0.05) is 46.3 Å². The minimum absolute atomic E-state index is 0.375. The lowest BCUT2D eigenvalue weighted by Crippen LogP contribution is -1.89. The zero-order chi connectivity index (χ0) is 9.10. The first-order chi connectivity index (χ1) is 6.42. The largest absolute Gasteiger partial charge is 0.365 e. The van der Waals surface area contributed by atoms with E-state index in [0.717, 1.165) is 5.33 Å². The molecule has 0 aromatic heterocycles. The molecule has 1 aliphatic rings. The van der Waals surface area contributed by atoms with Crippen LogP contribution in [0.2, 0.25) is 0 Å². The molecular formula is C11H13BrO. The standard InChI is InChI=1S/C11H13BrO/c12-8-4-7-10-11(13-10)9-5-2-1-3-6-9/h1-3,5-6,10-11H,4,7-8H2. The molecule has 70 valence electrons. The lowest BCUT2D eigenvalue weighted by atomic mass is 10.1. The van der Waals surface area contributed by atoms with Crippen LogP contribution < -0.4 is 0 Å². The third-order valence-corrected chi connectivity index (χ3v) is 2.89. The van der Waals surface area contributed by atoms with Crippen molar-refractivity contribution < 1.29 is 4.74 Å². The minimum Gasteiger partial charge on any atom is -0.365 e. The number of hydrogen-bond donors (Lipinski definition) is 0. The zero-order valence-electron chi connectivity index (χ0n) is 7.45. The topological polar surface area (TPSA) is 12.5 Å². The van der Waals surface area contributed by atoms with Crippen LogP contribution in [0.5, 0.6) is 0 Å². The van der Waals surface area contributed by atoms with E-state index in [9.17, 15) is 0 Å². The number of rotatable bonds is 4. The smallest absolute Gasteiger partial charge is 0.109 e. The quantitative estimate of drug-likeness (QED) is 0.582. The van der Waals surface area contributed by atoms with Crippen LogP contribution in [0.4, 0.5) is 0 Å². The Kier molecular flexibility index (Phi) is 3.01. The Bertz CT molecular complexity index is 260. The van der Waals surface area contributed by atoms with Gasteiger partial charge in [-0.3, -0.25) is 0 Å². The molecule has 1 saturated heterocycles. The summed E-state index contributed by atoms with van der Waals surface area (Å²) in [5.74, 6) is 0. The van der Waals surface area contributed by atoms with Crippen LogP contribution in [0.3, 0.4) is 0 Å². The van der Waals surface area contributed by atoms with E-state index in [1.807, 2.05) is 6.07 Å². The van der Waals surface area contributed by atoms with Gasteiger partial charge in [-0.15, -0.1) is 0 Å². The molecule has 1 fully saturated rings.